The molecule has 40 heavy (non-hydrogen) atoms. The fourth-order valence-corrected chi connectivity index (χ4v) is 4.89. The molecule has 0 aliphatic carbocycles. The van der Waals surface area contributed by atoms with Crippen LogP contribution in [0.3, 0.4) is 0 Å². The van der Waals surface area contributed by atoms with Crippen LogP contribution in [0.5, 0.6) is 5.75 Å². The molecule has 9 heteroatoms. The molecule has 0 aliphatic rings. The number of hydrogen-bond donors (Lipinski definition) is 1. The third-order valence-electron chi connectivity index (χ3n) is 6.75. The van der Waals surface area contributed by atoms with Gasteiger partial charge < -0.3 is 23.8 Å². The third kappa shape index (κ3) is 4.12. The number of pyridine rings is 1. The molecule has 0 saturated carbocycles. The number of carbonyl (C=O) groups excluding carboxylic acids is 1. The molecule has 3 aromatic carbocycles. The number of ether oxygens (including phenoxy) is 1. The molecule has 1 N–H and O–H groups in total. The average molecular weight is 537 g/mol. The number of anilines is 1. The lowest BCUT2D eigenvalue weighted by molar-refractivity contribution is 0.0964. The van der Waals surface area contributed by atoms with Gasteiger partial charge in [0.05, 0.1) is 18.2 Å². The van der Waals surface area contributed by atoms with Crippen LogP contribution in [-0.4, -0.2) is 44.1 Å². The maximum atomic E-state index is 13.7. The van der Waals surface area contributed by atoms with Gasteiger partial charge in [-0.05, 0) is 48.5 Å². The van der Waals surface area contributed by atoms with Crippen molar-refractivity contribution in [2.75, 3.05) is 33.2 Å². The van der Waals surface area contributed by atoms with E-state index in [-0.39, 0.29) is 11.7 Å². The van der Waals surface area contributed by atoms with E-state index >= 15 is 0 Å². The lowest BCUT2D eigenvalue weighted by Gasteiger charge is -2.20. The zero-order valence-electron chi connectivity index (χ0n) is 22.3. The number of fused-ring (bicyclic) bond motifs is 2. The van der Waals surface area contributed by atoms with E-state index in [9.17, 15) is 9.18 Å². The summed E-state index contributed by atoms with van der Waals surface area (Å²) in [7, 11) is 7.01. The van der Waals surface area contributed by atoms with Crippen LogP contribution in [-0.2, 0) is 0 Å². The van der Waals surface area contributed by atoms with Crippen molar-refractivity contribution in [2.45, 2.75) is 0 Å². The Morgan fingerprint density at radius 3 is 2.42 bits per heavy atom. The normalized spacial score (nSPS) is 11.2. The van der Waals surface area contributed by atoms with E-state index < -0.39 is 0 Å². The molecule has 0 fully saturated rings. The van der Waals surface area contributed by atoms with Gasteiger partial charge in [0.1, 0.15) is 22.9 Å². The zero-order chi connectivity index (χ0) is 28.0. The molecule has 0 aliphatic heterocycles. The lowest BCUT2D eigenvalue weighted by atomic mass is 9.96. The van der Waals surface area contributed by atoms with E-state index in [4.69, 9.17) is 13.6 Å². The van der Waals surface area contributed by atoms with Gasteiger partial charge in [0.25, 0.3) is 5.91 Å². The van der Waals surface area contributed by atoms with Gasteiger partial charge in [0, 0.05) is 61.2 Å². The van der Waals surface area contributed by atoms with Crippen LogP contribution in [0.2, 0.25) is 0 Å². The molecule has 3 heterocycles. The molecule has 0 atom stereocenters. The van der Waals surface area contributed by atoms with Gasteiger partial charge in [0.15, 0.2) is 11.2 Å². The molecule has 0 unspecified atom stereocenters. The first-order chi connectivity index (χ1) is 19.4. The monoisotopic (exact) mass is 536 g/mol. The molecular weight excluding hydrogens is 511 g/mol. The second-order valence-electron chi connectivity index (χ2n) is 9.38. The van der Waals surface area contributed by atoms with Crippen molar-refractivity contribution < 1.29 is 22.8 Å². The summed E-state index contributed by atoms with van der Waals surface area (Å²) in [5.41, 5.74) is 5.62. The molecule has 6 rings (SSSR count). The van der Waals surface area contributed by atoms with E-state index in [1.54, 1.807) is 38.6 Å². The Balaban J connectivity index is 1.61. The second-order valence-corrected chi connectivity index (χ2v) is 9.38. The van der Waals surface area contributed by atoms with Crippen molar-refractivity contribution in [1.29, 1.82) is 0 Å². The van der Waals surface area contributed by atoms with Crippen molar-refractivity contribution in [2.24, 2.45) is 0 Å². The quantitative estimate of drug-likeness (QED) is 0.258. The highest BCUT2D eigenvalue weighted by Crippen LogP contribution is 2.45. The van der Waals surface area contributed by atoms with E-state index in [2.05, 4.69) is 15.3 Å². The predicted molar refractivity (Wildman–Crippen MR) is 152 cm³/mol. The van der Waals surface area contributed by atoms with Crippen molar-refractivity contribution in [3.63, 3.8) is 0 Å². The van der Waals surface area contributed by atoms with Crippen LogP contribution in [0.15, 0.2) is 81.8 Å². The van der Waals surface area contributed by atoms with Gasteiger partial charge in [-0.2, -0.15) is 4.98 Å². The number of rotatable bonds is 6. The first kappa shape index (κ1) is 25.1. The fourth-order valence-electron chi connectivity index (χ4n) is 4.89. The number of hydrogen-bond acceptors (Lipinski definition) is 7. The Bertz CT molecular complexity index is 1860. The number of carbonyl (C=O) groups is 1. The number of oxazole rings is 1. The van der Waals surface area contributed by atoms with Gasteiger partial charge in [-0.25, -0.2) is 9.37 Å². The molecule has 0 saturated heterocycles. The number of nitrogens with one attached hydrogen (secondary N) is 1. The topological polar surface area (TPSA) is 93.6 Å². The van der Waals surface area contributed by atoms with Crippen LogP contribution >= 0.6 is 0 Å². The molecule has 0 bridgehead atoms. The lowest BCUT2D eigenvalue weighted by Crippen LogP contribution is -2.18. The van der Waals surface area contributed by atoms with Crippen LogP contribution in [0.4, 0.5) is 10.1 Å². The van der Waals surface area contributed by atoms with Gasteiger partial charge >= 0.3 is 0 Å². The van der Waals surface area contributed by atoms with Gasteiger partial charge in [-0.1, -0.05) is 12.1 Å². The summed E-state index contributed by atoms with van der Waals surface area (Å²) in [4.78, 5) is 24.0. The van der Waals surface area contributed by atoms with E-state index in [0.717, 1.165) is 16.8 Å². The summed E-state index contributed by atoms with van der Waals surface area (Å²) in [5.74, 6) is 0.602. The van der Waals surface area contributed by atoms with Crippen molar-refractivity contribution in [1.82, 2.24) is 15.3 Å². The highest BCUT2D eigenvalue weighted by molar-refractivity contribution is 6.13. The number of furan rings is 1. The van der Waals surface area contributed by atoms with Gasteiger partial charge in [-0.15, -0.1) is 0 Å². The first-order valence-electron chi connectivity index (χ1n) is 12.5. The predicted octanol–water partition coefficient (Wildman–Crippen LogP) is 6.54. The second kappa shape index (κ2) is 9.85. The van der Waals surface area contributed by atoms with Crippen molar-refractivity contribution in [3.05, 3.63) is 84.3 Å². The molecule has 6 aromatic rings. The van der Waals surface area contributed by atoms with Gasteiger partial charge in [0.2, 0.25) is 5.89 Å². The van der Waals surface area contributed by atoms with Crippen LogP contribution in [0.25, 0.3) is 56.1 Å². The van der Waals surface area contributed by atoms with Crippen LogP contribution in [0, 0.1) is 5.82 Å². The smallest absolute Gasteiger partial charge is 0.255 e. The minimum atomic E-state index is -0.375. The minimum absolute atomic E-state index is 0.318. The molecule has 0 radical (unpaired) electrons. The van der Waals surface area contributed by atoms with Crippen molar-refractivity contribution in [3.8, 4) is 39.7 Å². The highest BCUT2D eigenvalue weighted by Gasteiger charge is 2.26. The number of halogens is 1. The standard InChI is InChI=1S/C31H25FN4O4/c1-33-30(37)26-22-15-21(23(36(2)3)16-25(22)39-27(26)17-10-12-18(32)13-11-17)19-7-5-8-20(28(19)38-4)31-35-29-24(40-31)9-6-14-34-29/h5-16H,1-4H3,(H,33,37). The third-order valence-corrected chi connectivity index (χ3v) is 6.75. The molecule has 8 nitrogen and oxygen atoms in total. The summed E-state index contributed by atoms with van der Waals surface area (Å²) in [6.07, 6.45) is 1.66. The number of aromatic nitrogens is 2. The molecule has 3 aromatic heterocycles. The first-order valence-corrected chi connectivity index (χ1v) is 12.5. The Morgan fingerprint density at radius 2 is 1.73 bits per heavy atom. The summed E-state index contributed by atoms with van der Waals surface area (Å²) in [6, 6.07) is 19.0. The Hall–Kier alpha value is -5.18. The Labute approximate surface area is 229 Å². The number of nitrogens with zero attached hydrogens (tertiary/aromatic N) is 3. The number of amides is 1. The SMILES string of the molecule is CNC(=O)c1c(-c2ccc(F)cc2)oc2cc(N(C)C)c(-c3cccc(-c4nc5ncccc5o4)c3OC)cc12. The number of methoxy groups -OCH3 is 1. The Kier molecular flexibility index (Phi) is 6.18. The maximum absolute atomic E-state index is 13.7. The number of para-hydroxylation sites is 1. The largest absolute Gasteiger partial charge is 0.495 e. The highest BCUT2D eigenvalue weighted by atomic mass is 19.1. The number of benzene rings is 3. The van der Waals surface area contributed by atoms with E-state index in [1.165, 1.54) is 12.1 Å². The van der Waals surface area contributed by atoms with Crippen LogP contribution in [0.1, 0.15) is 10.4 Å². The Morgan fingerprint density at radius 1 is 0.950 bits per heavy atom. The zero-order valence-corrected chi connectivity index (χ0v) is 22.3. The average Bonchev–Trinajstić information content (AvgIpc) is 3.57. The van der Waals surface area contributed by atoms with E-state index in [1.807, 2.05) is 55.4 Å². The molecule has 200 valence electrons. The summed E-state index contributed by atoms with van der Waals surface area (Å²) in [5, 5.41) is 3.32. The van der Waals surface area contributed by atoms with E-state index in [0.29, 0.717) is 56.3 Å². The molecule has 0 spiro atoms. The summed E-state index contributed by atoms with van der Waals surface area (Å²) < 4.78 is 31.8. The van der Waals surface area contributed by atoms with Crippen molar-refractivity contribution >= 4 is 33.8 Å². The molecule has 1 amide bonds. The molecular formula is C31H25FN4O4. The minimum Gasteiger partial charge on any atom is -0.495 e. The fraction of sp³-hybridized carbons (Fsp3) is 0.129. The maximum Gasteiger partial charge on any atom is 0.255 e. The van der Waals surface area contributed by atoms with Crippen LogP contribution < -0.4 is 15.0 Å². The van der Waals surface area contributed by atoms with Gasteiger partial charge in [-0.3, -0.25) is 4.79 Å². The summed E-state index contributed by atoms with van der Waals surface area (Å²) >= 11 is 0. The summed E-state index contributed by atoms with van der Waals surface area (Å²) in [6.45, 7) is 0.